The van der Waals surface area contributed by atoms with Crippen LogP contribution < -0.4 is 0 Å². The van der Waals surface area contributed by atoms with E-state index >= 15 is 0 Å². The molecule has 0 aromatic heterocycles. The van der Waals surface area contributed by atoms with E-state index in [-0.39, 0.29) is 0 Å². The average molecular weight is 403 g/mol. The average Bonchev–Trinajstić information content (AvgIpc) is 2.57. The van der Waals surface area contributed by atoms with E-state index in [2.05, 4.69) is 57.3 Å². The molecule has 1 saturated heterocycles. The Morgan fingerprint density at radius 3 is 2.16 bits per heavy atom. The molecule has 1 aliphatic heterocycles. The van der Waals surface area contributed by atoms with Gasteiger partial charge in [-0.15, -0.1) is 6.58 Å². The van der Waals surface area contributed by atoms with Crippen LogP contribution in [0.3, 0.4) is 0 Å². The van der Waals surface area contributed by atoms with Gasteiger partial charge in [-0.1, -0.05) is 80.8 Å². The van der Waals surface area contributed by atoms with E-state index in [0.717, 1.165) is 29.7 Å². The third kappa shape index (κ3) is 11.5. The largest absolute Gasteiger partial charge is 0.358 e. The van der Waals surface area contributed by atoms with Crippen molar-refractivity contribution in [3.05, 3.63) is 12.7 Å². The predicted molar refractivity (Wildman–Crippen MR) is 126 cm³/mol. The first kappa shape index (κ1) is 25.2. The van der Waals surface area contributed by atoms with Crippen LogP contribution >= 0.6 is 24.0 Å². The summed E-state index contributed by atoms with van der Waals surface area (Å²) in [7, 11) is 3.37. The molecule has 5 heteroatoms. The Balaban J connectivity index is 0.000000462. The van der Waals surface area contributed by atoms with Crippen molar-refractivity contribution in [2.75, 3.05) is 39.5 Å². The maximum Gasteiger partial charge on any atom is 0.136 e. The van der Waals surface area contributed by atoms with E-state index in [0.29, 0.717) is 0 Å². The Kier molecular flexibility index (Phi) is 15.3. The molecule has 0 aliphatic carbocycles. The zero-order chi connectivity index (χ0) is 19.1. The van der Waals surface area contributed by atoms with Crippen molar-refractivity contribution in [1.29, 1.82) is 0 Å². The van der Waals surface area contributed by atoms with E-state index in [1.54, 1.807) is 29.9 Å². The number of rotatable bonds is 9. The molecule has 1 rings (SSSR count). The number of nitrogens with zero attached hydrogens (tertiary/aromatic N) is 2. The van der Waals surface area contributed by atoms with Crippen LogP contribution in [0.1, 0.15) is 46.5 Å². The minimum Gasteiger partial charge on any atom is -0.358 e. The summed E-state index contributed by atoms with van der Waals surface area (Å²) in [6, 6.07) is 6.12. The second-order valence-corrected chi connectivity index (χ2v) is 14.0. The molecule has 2 nitrogen and oxygen atoms in total. The maximum atomic E-state index is 5.30. The van der Waals surface area contributed by atoms with Gasteiger partial charge in [-0.05, 0) is 34.0 Å². The molecule has 25 heavy (non-hydrogen) atoms. The summed E-state index contributed by atoms with van der Waals surface area (Å²) in [5, 5.41) is 0. The monoisotopic (exact) mass is 402 g/mol. The van der Waals surface area contributed by atoms with Gasteiger partial charge in [0.15, 0.2) is 0 Å². The lowest BCUT2D eigenvalue weighted by atomic mass is 10.3. The summed E-state index contributed by atoms with van der Waals surface area (Å²) >= 11 is 7.07. The third-order valence-corrected chi connectivity index (χ3v) is 12.1. The van der Waals surface area contributed by atoms with Crippen molar-refractivity contribution in [2.24, 2.45) is 0 Å². The molecule has 0 amide bonds. The Morgan fingerprint density at radius 2 is 1.72 bits per heavy atom. The smallest absolute Gasteiger partial charge is 0.136 e. The molecule has 0 radical (unpaired) electrons. The second kappa shape index (κ2) is 15.2. The zero-order valence-electron chi connectivity index (χ0n) is 17.5. The van der Waals surface area contributed by atoms with E-state index in [1.807, 2.05) is 0 Å². The molecular weight excluding hydrogens is 360 g/mol. The number of hydrogen-bond donors (Lipinski definition) is 0. The second-order valence-electron chi connectivity index (χ2n) is 7.39. The van der Waals surface area contributed by atoms with Crippen LogP contribution in [0.4, 0.5) is 0 Å². The van der Waals surface area contributed by atoms with E-state index in [1.165, 1.54) is 31.7 Å². The topological polar surface area (TPSA) is 6.48 Å². The van der Waals surface area contributed by atoms with Crippen molar-refractivity contribution >= 4 is 36.4 Å². The first-order valence-electron chi connectivity index (χ1n) is 10.1. The lowest BCUT2D eigenvalue weighted by Crippen LogP contribution is -2.35. The van der Waals surface area contributed by atoms with Gasteiger partial charge >= 0.3 is 0 Å². The summed E-state index contributed by atoms with van der Waals surface area (Å²) in [4.78, 5) is 4.40. The highest BCUT2D eigenvalue weighted by atomic mass is 32.2. The van der Waals surface area contributed by atoms with Crippen LogP contribution in [-0.2, 0) is 0 Å². The first-order chi connectivity index (χ1) is 11.9. The fourth-order valence-electron chi connectivity index (χ4n) is 3.58. The van der Waals surface area contributed by atoms with E-state index < -0.39 is 8.07 Å². The summed E-state index contributed by atoms with van der Waals surface area (Å²) < 4.78 is 1.03. The number of thioether (sulfide) groups is 1. The van der Waals surface area contributed by atoms with Gasteiger partial charge in [0.2, 0.25) is 0 Å². The van der Waals surface area contributed by atoms with Crippen LogP contribution in [0.15, 0.2) is 12.7 Å². The molecule has 1 aliphatic rings. The lowest BCUT2D eigenvalue weighted by Gasteiger charge is -2.34. The maximum absolute atomic E-state index is 5.30. The molecule has 1 heterocycles. The SMILES string of the molecule is C=CC[Si]1(CCC)CCCCC1.CCN(CC)C(=S)SCCN(C)C. The van der Waals surface area contributed by atoms with Gasteiger partial charge in [-0.3, -0.25) is 0 Å². The molecule has 0 saturated carbocycles. The summed E-state index contributed by atoms with van der Waals surface area (Å²) in [6.45, 7) is 13.7. The Hall–Kier alpha value is 0.157. The highest BCUT2D eigenvalue weighted by molar-refractivity contribution is 8.22. The molecule has 148 valence electrons. The van der Waals surface area contributed by atoms with Gasteiger partial charge in [-0.2, -0.15) is 0 Å². The zero-order valence-corrected chi connectivity index (χ0v) is 20.1. The minimum atomic E-state index is -0.801. The molecule has 0 atom stereocenters. The molecule has 1 fully saturated rings. The van der Waals surface area contributed by atoms with Crippen LogP contribution in [-0.4, -0.2) is 61.7 Å². The normalized spacial score (nSPS) is 16.1. The molecule has 0 spiro atoms. The fourth-order valence-corrected chi connectivity index (χ4v) is 10.2. The van der Waals surface area contributed by atoms with Crippen molar-refractivity contribution in [2.45, 2.75) is 70.6 Å². The van der Waals surface area contributed by atoms with E-state index in [9.17, 15) is 0 Å². The predicted octanol–water partition coefficient (Wildman–Crippen LogP) is 6.12. The Labute approximate surface area is 168 Å². The van der Waals surface area contributed by atoms with E-state index in [4.69, 9.17) is 12.2 Å². The Bertz CT molecular complexity index is 346. The molecular formula is C20H42N2S2Si. The number of allylic oxidation sites excluding steroid dienone is 1. The van der Waals surface area contributed by atoms with Crippen LogP contribution in [0, 0.1) is 0 Å². The van der Waals surface area contributed by atoms with Crippen molar-refractivity contribution in [3.8, 4) is 0 Å². The van der Waals surface area contributed by atoms with Gasteiger partial charge in [0, 0.05) is 25.4 Å². The molecule has 0 N–H and O–H groups in total. The number of thiocarbonyl (C=S) groups is 1. The van der Waals surface area contributed by atoms with Crippen molar-refractivity contribution < 1.29 is 0 Å². The first-order valence-corrected chi connectivity index (χ1v) is 14.3. The highest BCUT2D eigenvalue weighted by Crippen LogP contribution is 2.35. The summed E-state index contributed by atoms with van der Waals surface area (Å²) in [5.74, 6) is 1.09. The minimum absolute atomic E-state index is 0.801. The summed E-state index contributed by atoms with van der Waals surface area (Å²) in [6.07, 6.45) is 8.11. The van der Waals surface area contributed by atoms with Gasteiger partial charge in [0.1, 0.15) is 4.32 Å². The molecule has 0 unspecified atom stereocenters. The standard InChI is InChI=1S/C11H22Si.C9H20N2S2/c1-3-8-12(9-4-2)10-6-5-7-11-12;1-5-11(6-2)9(12)13-8-7-10(3)4/h3H,1,4-11H2,2H3;5-8H2,1-4H3. The van der Waals surface area contributed by atoms with Crippen molar-refractivity contribution in [1.82, 2.24) is 9.80 Å². The molecule has 0 bridgehead atoms. The van der Waals surface area contributed by atoms with Gasteiger partial charge in [0.25, 0.3) is 0 Å². The summed E-state index contributed by atoms with van der Waals surface area (Å²) in [5.41, 5.74) is 0. The van der Waals surface area contributed by atoms with Crippen LogP contribution in [0.25, 0.3) is 0 Å². The van der Waals surface area contributed by atoms with Gasteiger partial charge in [0.05, 0.1) is 8.07 Å². The quantitative estimate of drug-likeness (QED) is 0.260. The Morgan fingerprint density at radius 1 is 1.12 bits per heavy atom. The highest BCUT2D eigenvalue weighted by Gasteiger charge is 2.31. The molecule has 0 aromatic carbocycles. The fraction of sp³-hybridized carbons (Fsp3) is 0.850. The number of hydrogen-bond acceptors (Lipinski definition) is 3. The molecule has 0 aromatic rings. The van der Waals surface area contributed by atoms with Crippen LogP contribution in [0.5, 0.6) is 0 Å². The van der Waals surface area contributed by atoms with Crippen LogP contribution in [0.2, 0.25) is 24.2 Å². The third-order valence-electron chi connectivity index (χ3n) is 5.06. The van der Waals surface area contributed by atoms with Gasteiger partial charge < -0.3 is 9.80 Å². The van der Waals surface area contributed by atoms with Crippen molar-refractivity contribution in [3.63, 3.8) is 0 Å². The van der Waals surface area contributed by atoms with Gasteiger partial charge in [-0.25, -0.2) is 0 Å². The lowest BCUT2D eigenvalue weighted by molar-refractivity contribution is 0.437.